The molecule has 0 amide bonds. The Hall–Kier alpha value is -0.830. The van der Waals surface area contributed by atoms with Gasteiger partial charge >= 0.3 is 5.97 Å². The first-order valence-electron chi connectivity index (χ1n) is 5.33. The molecular weight excluding hydrogens is 228 g/mol. The second-order valence-electron chi connectivity index (χ2n) is 5.10. The molecule has 4 heteroatoms. The van der Waals surface area contributed by atoms with Crippen LogP contribution in [0.25, 0.3) is 0 Å². The van der Waals surface area contributed by atoms with E-state index in [1.54, 1.807) is 0 Å². The normalized spacial score (nSPS) is 42.3. The van der Waals surface area contributed by atoms with E-state index in [0.29, 0.717) is 12.8 Å². The van der Waals surface area contributed by atoms with Crippen LogP contribution in [0.1, 0.15) is 26.2 Å². The molecule has 0 unspecified atom stereocenters. The number of hydrogen-bond donors (Lipinski definition) is 0. The maximum absolute atomic E-state index is 12.1. The van der Waals surface area contributed by atoms with E-state index in [1.807, 2.05) is 6.92 Å². The van der Waals surface area contributed by atoms with Crippen LogP contribution in [0.3, 0.4) is 0 Å². The summed E-state index contributed by atoms with van der Waals surface area (Å²) in [5.74, 6) is -0.996. The first-order chi connectivity index (χ1) is 7.33. The maximum Gasteiger partial charge on any atom is 0.334 e. The molecule has 2 fully saturated rings. The zero-order chi connectivity index (χ0) is 12.1. The Bertz CT molecular complexity index is 390. The number of ether oxygens (including phenoxy) is 1. The summed E-state index contributed by atoms with van der Waals surface area (Å²) in [6.07, 6.45) is 1.72. The van der Waals surface area contributed by atoms with Gasteiger partial charge in [0, 0.05) is 5.92 Å². The van der Waals surface area contributed by atoms with Crippen LogP contribution in [0, 0.1) is 11.3 Å². The number of methoxy groups -OCH3 is 1. The Morgan fingerprint density at radius 3 is 2.81 bits per heavy atom. The standard InChI is InChI=1S/C12H15ClO3/c1-7-4-8-5-11(7,2)6-12(13,9(8)14)10(15)16-3/h8H,1,4-6H2,2-3H3/t8-,11+,12+/m0/s1. The van der Waals surface area contributed by atoms with Gasteiger partial charge in [0.1, 0.15) is 0 Å². The van der Waals surface area contributed by atoms with Crippen LogP contribution in [-0.2, 0) is 14.3 Å². The molecule has 0 heterocycles. The smallest absolute Gasteiger partial charge is 0.334 e. The van der Waals surface area contributed by atoms with Crippen LogP contribution >= 0.6 is 11.6 Å². The van der Waals surface area contributed by atoms with Crippen LogP contribution in [0.2, 0.25) is 0 Å². The molecule has 0 spiro atoms. The van der Waals surface area contributed by atoms with E-state index in [2.05, 4.69) is 11.3 Å². The van der Waals surface area contributed by atoms with E-state index in [4.69, 9.17) is 11.6 Å². The highest BCUT2D eigenvalue weighted by atomic mass is 35.5. The predicted molar refractivity (Wildman–Crippen MR) is 60.2 cm³/mol. The summed E-state index contributed by atoms with van der Waals surface area (Å²) in [7, 11) is 1.26. The number of fused-ring (bicyclic) bond motifs is 2. The minimum Gasteiger partial charge on any atom is -0.467 e. The summed E-state index contributed by atoms with van der Waals surface area (Å²) >= 11 is 6.20. The molecule has 2 saturated carbocycles. The highest BCUT2D eigenvalue weighted by molar-refractivity contribution is 6.46. The van der Waals surface area contributed by atoms with Crippen molar-refractivity contribution in [1.29, 1.82) is 0 Å². The molecule has 0 radical (unpaired) electrons. The lowest BCUT2D eigenvalue weighted by molar-refractivity contribution is -0.151. The van der Waals surface area contributed by atoms with Gasteiger partial charge in [-0.25, -0.2) is 4.79 Å². The number of hydrogen-bond acceptors (Lipinski definition) is 3. The number of Topliss-reactive ketones (excluding diaryl/α,β-unsaturated/α-hetero) is 1. The van der Waals surface area contributed by atoms with Crippen molar-refractivity contribution < 1.29 is 14.3 Å². The topological polar surface area (TPSA) is 43.4 Å². The molecule has 3 nitrogen and oxygen atoms in total. The molecule has 2 aliphatic rings. The van der Waals surface area contributed by atoms with Gasteiger partial charge in [0.25, 0.3) is 0 Å². The molecule has 0 aromatic carbocycles. The van der Waals surface area contributed by atoms with Gasteiger partial charge in [0.05, 0.1) is 7.11 Å². The number of allylic oxidation sites excluding steroid dienone is 1. The SMILES string of the molecule is C=C1C[C@H]2C[C@]1(C)C[C@](Cl)(C(=O)OC)C2=O. The van der Waals surface area contributed by atoms with Crippen molar-refractivity contribution in [2.24, 2.45) is 11.3 Å². The Kier molecular flexibility index (Phi) is 2.42. The highest BCUT2D eigenvalue weighted by Gasteiger charge is 2.60. The minimum atomic E-state index is -1.49. The third kappa shape index (κ3) is 1.34. The molecule has 0 aliphatic heterocycles. The van der Waals surface area contributed by atoms with Gasteiger partial charge in [-0.1, -0.05) is 30.7 Å². The molecule has 88 valence electrons. The first kappa shape index (κ1) is 11.6. The van der Waals surface area contributed by atoms with Crippen LogP contribution < -0.4 is 0 Å². The molecule has 0 aromatic heterocycles. The Morgan fingerprint density at radius 2 is 2.25 bits per heavy atom. The summed E-state index contributed by atoms with van der Waals surface area (Å²) in [5, 5.41) is 0. The van der Waals surface area contributed by atoms with E-state index in [0.717, 1.165) is 12.0 Å². The van der Waals surface area contributed by atoms with Gasteiger partial charge in [-0.2, -0.15) is 0 Å². The van der Waals surface area contributed by atoms with E-state index >= 15 is 0 Å². The predicted octanol–water partition coefficient (Wildman–Crippen LogP) is 2.08. The molecular formula is C12H15ClO3. The average Bonchev–Trinajstić information content (AvgIpc) is 2.48. The number of ketones is 1. The summed E-state index contributed by atoms with van der Waals surface area (Å²) in [6, 6.07) is 0. The molecule has 0 saturated heterocycles. The van der Waals surface area contributed by atoms with Crippen molar-refractivity contribution in [1.82, 2.24) is 0 Å². The largest absolute Gasteiger partial charge is 0.467 e. The molecule has 3 atom stereocenters. The van der Waals surface area contributed by atoms with Crippen molar-refractivity contribution in [3.8, 4) is 0 Å². The monoisotopic (exact) mass is 242 g/mol. The lowest BCUT2D eigenvalue weighted by Gasteiger charge is -2.37. The fraction of sp³-hybridized carbons (Fsp3) is 0.667. The first-order valence-corrected chi connectivity index (χ1v) is 5.71. The Morgan fingerprint density at radius 1 is 1.62 bits per heavy atom. The molecule has 2 rings (SSSR count). The molecule has 0 aromatic rings. The average molecular weight is 243 g/mol. The van der Waals surface area contributed by atoms with E-state index in [-0.39, 0.29) is 17.1 Å². The summed E-state index contributed by atoms with van der Waals surface area (Å²) in [4.78, 5) is 22.3. The van der Waals surface area contributed by atoms with Crippen molar-refractivity contribution in [2.45, 2.75) is 31.1 Å². The number of carbonyl (C=O) groups is 2. The number of rotatable bonds is 1. The van der Waals surface area contributed by atoms with E-state index < -0.39 is 10.8 Å². The van der Waals surface area contributed by atoms with Gasteiger partial charge < -0.3 is 4.74 Å². The summed E-state index contributed by atoms with van der Waals surface area (Å²) in [5.41, 5.74) is 0.825. The molecule has 2 bridgehead atoms. The molecule has 0 N–H and O–H groups in total. The van der Waals surface area contributed by atoms with Crippen molar-refractivity contribution in [3.63, 3.8) is 0 Å². The van der Waals surface area contributed by atoms with Gasteiger partial charge in [-0.3, -0.25) is 4.79 Å². The van der Waals surface area contributed by atoms with Gasteiger partial charge in [-0.05, 0) is 24.7 Å². The zero-order valence-electron chi connectivity index (χ0n) is 9.51. The lowest BCUT2D eigenvalue weighted by Crippen LogP contribution is -2.50. The third-order valence-electron chi connectivity index (χ3n) is 3.95. The van der Waals surface area contributed by atoms with Crippen molar-refractivity contribution in [2.75, 3.05) is 7.11 Å². The zero-order valence-corrected chi connectivity index (χ0v) is 10.3. The second-order valence-corrected chi connectivity index (χ2v) is 5.75. The van der Waals surface area contributed by atoms with E-state index in [9.17, 15) is 9.59 Å². The van der Waals surface area contributed by atoms with Crippen LogP contribution in [0.4, 0.5) is 0 Å². The summed E-state index contributed by atoms with van der Waals surface area (Å²) in [6.45, 7) is 6.01. The fourth-order valence-corrected chi connectivity index (χ4v) is 3.50. The van der Waals surface area contributed by atoms with Crippen LogP contribution in [0.15, 0.2) is 12.2 Å². The molecule has 16 heavy (non-hydrogen) atoms. The van der Waals surface area contributed by atoms with Gasteiger partial charge in [0.15, 0.2) is 5.78 Å². The Labute approximate surface area is 99.8 Å². The van der Waals surface area contributed by atoms with Crippen LogP contribution in [0.5, 0.6) is 0 Å². The van der Waals surface area contributed by atoms with E-state index in [1.165, 1.54) is 7.11 Å². The highest BCUT2D eigenvalue weighted by Crippen LogP contribution is 2.57. The minimum absolute atomic E-state index is 0.164. The number of carbonyl (C=O) groups excluding carboxylic acids is 2. The molecule has 2 aliphatic carbocycles. The number of esters is 1. The lowest BCUT2D eigenvalue weighted by atomic mass is 9.70. The third-order valence-corrected chi connectivity index (χ3v) is 4.42. The Balaban J connectivity index is 2.41. The number of alkyl halides is 1. The maximum atomic E-state index is 12.1. The quantitative estimate of drug-likeness (QED) is 0.306. The summed E-state index contributed by atoms with van der Waals surface area (Å²) < 4.78 is 4.65. The van der Waals surface area contributed by atoms with Crippen molar-refractivity contribution in [3.05, 3.63) is 12.2 Å². The second kappa shape index (κ2) is 3.33. The van der Waals surface area contributed by atoms with Crippen molar-refractivity contribution >= 4 is 23.4 Å². The van der Waals surface area contributed by atoms with Gasteiger partial charge in [0.2, 0.25) is 4.87 Å². The van der Waals surface area contributed by atoms with Gasteiger partial charge in [-0.15, -0.1) is 0 Å². The van der Waals surface area contributed by atoms with Crippen LogP contribution in [-0.4, -0.2) is 23.7 Å². The fourth-order valence-electron chi connectivity index (χ4n) is 2.97. The number of halogens is 1.